The fraction of sp³-hybridized carbons (Fsp3) is 0.444. The molecule has 3 N–H and O–H groups in total. The predicted molar refractivity (Wildman–Crippen MR) is 97.4 cm³/mol. The molecule has 0 aliphatic heterocycles. The molecular weight excluding hydrogens is 334 g/mol. The van der Waals surface area contributed by atoms with Crippen LogP contribution in [0.15, 0.2) is 24.4 Å². The Kier molecular flexibility index (Phi) is 6.10. The van der Waals surface area contributed by atoms with Crippen molar-refractivity contribution >= 4 is 17.5 Å². The summed E-state index contributed by atoms with van der Waals surface area (Å²) in [6, 6.07) is 5.74. The minimum absolute atomic E-state index is 0.0799. The number of anilines is 1. The second-order valence-corrected chi connectivity index (χ2v) is 6.52. The van der Waals surface area contributed by atoms with Crippen LogP contribution in [0.2, 0.25) is 0 Å². The van der Waals surface area contributed by atoms with Gasteiger partial charge in [0.2, 0.25) is 11.8 Å². The molecule has 1 aromatic carbocycles. The van der Waals surface area contributed by atoms with Crippen LogP contribution in [0, 0.1) is 13.8 Å². The van der Waals surface area contributed by atoms with Gasteiger partial charge >= 0.3 is 0 Å². The highest BCUT2D eigenvalue weighted by atomic mass is 16.3. The van der Waals surface area contributed by atoms with Crippen LogP contribution in [0.1, 0.15) is 37.1 Å². The van der Waals surface area contributed by atoms with Crippen molar-refractivity contribution in [3.8, 4) is 0 Å². The molecule has 0 aliphatic carbocycles. The molecule has 8 nitrogen and oxygen atoms in total. The molecule has 1 heterocycles. The van der Waals surface area contributed by atoms with Crippen molar-refractivity contribution < 1.29 is 14.7 Å². The number of carbonyl (C=O) groups excluding carboxylic acids is 2. The van der Waals surface area contributed by atoms with Gasteiger partial charge in [0.1, 0.15) is 17.8 Å². The molecule has 0 radical (unpaired) electrons. The highest BCUT2D eigenvalue weighted by molar-refractivity contribution is 5.95. The third-order valence-electron chi connectivity index (χ3n) is 4.28. The number of para-hydroxylation sites is 1. The molecule has 140 valence electrons. The maximum Gasteiger partial charge on any atom is 0.243 e. The SMILES string of the molecule is CCC(C)(O)c1cn(CC(=O)NCC(=O)Nc2c(C)cccc2C)nn1. The van der Waals surface area contributed by atoms with Crippen molar-refractivity contribution in [2.24, 2.45) is 0 Å². The van der Waals surface area contributed by atoms with Gasteiger partial charge in [0.05, 0.1) is 12.7 Å². The smallest absolute Gasteiger partial charge is 0.243 e. The van der Waals surface area contributed by atoms with E-state index in [1.54, 1.807) is 6.92 Å². The van der Waals surface area contributed by atoms with E-state index in [9.17, 15) is 14.7 Å². The zero-order valence-electron chi connectivity index (χ0n) is 15.5. The number of rotatable bonds is 7. The molecule has 8 heteroatoms. The number of benzene rings is 1. The number of nitrogens with one attached hydrogen (secondary N) is 2. The first kappa shape index (κ1) is 19.6. The Balaban J connectivity index is 1.86. The third-order valence-corrected chi connectivity index (χ3v) is 4.28. The highest BCUT2D eigenvalue weighted by Crippen LogP contribution is 2.21. The maximum absolute atomic E-state index is 12.1. The van der Waals surface area contributed by atoms with Crippen LogP contribution < -0.4 is 10.6 Å². The topological polar surface area (TPSA) is 109 Å². The maximum atomic E-state index is 12.1. The van der Waals surface area contributed by atoms with E-state index in [0.29, 0.717) is 12.1 Å². The van der Waals surface area contributed by atoms with Crippen LogP contribution in [-0.4, -0.2) is 38.5 Å². The van der Waals surface area contributed by atoms with Gasteiger partial charge in [-0.2, -0.15) is 0 Å². The van der Waals surface area contributed by atoms with E-state index in [4.69, 9.17) is 0 Å². The van der Waals surface area contributed by atoms with Gasteiger partial charge in [-0.3, -0.25) is 9.59 Å². The molecule has 1 unspecified atom stereocenters. The summed E-state index contributed by atoms with van der Waals surface area (Å²) in [5, 5.41) is 23.2. The number of hydrogen-bond acceptors (Lipinski definition) is 5. The molecule has 26 heavy (non-hydrogen) atoms. The van der Waals surface area contributed by atoms with E-state index in [1.807, 2.05) is 39.0 Å². The minimum Gasteiger partial charge on any atom is -0.384 e. The summed E-state index contributed by atoms with van der Waals surface area (Å²) in [5.41, 5.74) is 2.00. The van der Waals surface area contributed by atoms with E-state index in [0.717, 1.165) is 16.8 Å². The number of aliphatic hydroxyl groups is 1. The van der Waals surface area contributed by atoms with E-state index < -0.39 is 5.60 Å². The average molecular weight is 359 g/mol. The molecule has 0 saturated carbocycles. The third kappa shape index (κ3) is 4.89. The first-order valence-electron chi connectivity index (χ1n) is 8.48. The number of aryl methyl sites for hydroxylation is 2. The van der Waals surface area contributed by atoms with Gasteiger partial charge < -0.3 is 15.7 Å². The Morgan fingerprint density at radius 3 is 2.50 bits per heavy atom. The van der Waals surface area contributed by atoms with E-state index in [1.165, 1.54) is 10.9 Å². The molecule has 0 bridgehead atoms. The Hall–Kier alpha value is -2.74. The first-order valence-corrected chi connectivity index (χ1v) is 8.48. The van der Waals surface area contributed by atoms with Gasteiger partial charge in [0.25, 0.3) is 0 Å². The average Bonchev–Trinajstić information content (AvgIpc) is 3.06. The lowest BCUT2D eigenvalue weighted by Gasteiger charge is -2.16. The Morgan fingerprint density at radius 2 is 1.88 bits per heavy atom. The second-order valence-electron chi connectivity index (χ2n) is 6.52. The lowest BCUT2D eigenvalue weighted by Crippen LogP contribution is -2.35. The van der Waals surface area contributed by atoms with Crippen LogP contribution in [0.4, 0.5) is 5.69 Å². The van der Waals surface area contributed by atoms with Gasteiger partial charge in [-0.1, -0.05) is 30.3 Å². The zero-order chi connectivity index (χ0) is 19.3. The summed E-state index contributed by atoms with van der Waals surface area (Å²) in [6.45, 7) is 7.08. The van der Waals surface area contributed by atoms with Gasteiger partial charge in [-0.15, -0.1) is 5.10 Å². The molecule has 1 atom stereocenters. The van der Waals surface area contributed by atoms with Crippen molar-refractivity contribution in [1.82, 2.24) is 20.3 Å². The molecule has 0 spiro atoms. The van der Waals surface area contributed by atoms with Crippen molar-refractivity contribution in [2.75, 3.05) is 11.9 Å². The molecular formula is C18H25N5O3. The van der Waals surface area contributed by atoms with Crippen LogP contribution in [-0.2, 0) is 21.7 Å². The van der Waals surface area contributed by atoms with E-state index >= 15 is 0 Å². The summed E-state index contributed by atoms with van der Waals surface area (Å²) in [7, 11) is 0. The monoisotopic (exact) mass is 359 g/mol. The summed E-state index contributed by atoms with van der Waals surface area (Å²) >= 11 is 0. The first-order chi connectivity index (χ1) is 12.2. The number of hydrogen-bond donors (Lipinski definition) is 3. The van der Waals surface area contributed by atoms with Crippen molar-refractivity contribution in [2.45, 2.75) is 46.3 Å². The second kappa shape index (κ2) is 8.09. The van der Waals surface area contributed by atoms with E-state index in [2.05, 4.69) is 20.9 Å². The predicted octanol–water partition coefficient (Wildman–Crippen LogP) is 1.27. The Bertz CT molecular complexity index is 778. The van der Waals surface area contributed by atoms with Crippen LogP contribution in [0.25, 0.3) is 0 Å². The highest BCUT2D eigenvalue weighted by Gasteiger charge is 2.24. The standard InChI is InChI=1S/C18H25N5O3/c1-5-18(4,26)14-10-23(22-21-14)11-16(25)19-9-15(24)20-17-12(2)7-6-8-13(17)3/h6-8,10,26H,5,9,11H2,1-4H3,(H,19,25)(H,20,24). The lowest BCUT2D eigenvalue weighted by atomic mass is 10.0. The number of amides is 2. The fourth-order valence-electron chi connectivity index (χ4n) is 2.38. The zero-order valence-corrected chi connectivity index (χ0v) is 15.5. The largest absolute Gasteiger partial charge is 0.384 e. The molecule has 0 fully saturated rings. The molecule has 0 saturated heterocycles. The number of nitrogens with zero attached hydrogens (tertiary/aromatic N) is 3. The van der Waals surface area contributed by atoms with Crippen LogP contribution in [0.5, 0.6) is 0 Å². The number of carbonyl (C=O) groups is 2. The fourth-order valence-corrected chi connectivity index (χ4v) is 2.38. The molecule has 0 aliphatic rings. The normalized spacial score (nSPS) is 13.1. The van der Waals surface area contributed by atoms with Gasteiger partial charge in [-0.05, 0) is 38.3 Å². The summed E-state index contributed by atoms with van der Waals surface area (Å²) < 4.78 is 1.33. The lowest BCUT2D eigenvalue weighted by molar-refractivity contribution is -0.124. The van der Waals surface area contributed by atoms with Crippen molar-refractivity contribution in [3.05, 3.63) is 41.2 Å². The minimum atomic E-state index is -1.08. The van der Waals surface area contributed by atoms with Gasteiger partial charge in [0.15, 0.2) is 0 Å². The summed E-state index contributed by atoms with van der Waals surface area (Å²) in [5.74, 6) is -0.668. The van der Waals surface area contributed by atoms with E-state index in [-0.39, 0.29) is 24.9 Å². The van der Waals surface area contributed by atoms with Crippen molar-refractivity contribution in [3.63, 3.8) is 0 Å². The summed E-state index contributed by atoms with van der Waals surface area (Å²) in [6.07, 6.45) is 2.01. The quantitative estimate of drug-likeness (QED) is 0.690. The summed E-state index contributed by atoms with van der Waals surface area (Å²) in [4.78, 5) is 24.0. The molecule has 2 aromatic rings. The Labute approximate surface area is 152 Å². The van der Waals surface area contributed by atoms with Crippen molar-refractivity contribution in [1.29, 1.82) is 0 Å². The van der Waals surface area contributed by atoms with Gasteiger partial charge in [-0.25, -0.2) is 4.68 Å². The molecule has 2 rings (SSSR count). The van der Waals surface area contributed by atoms with Crippen LogP contribution >= 0.6 is 0 Å². The number of aromatic nitrogens is 3. The van der Waals surface area contributed by atoms with Crippen LogP contribution in [0.3, 0.4) is 0 Å². The molecule has 2 amide bonds. The van der Waals surface area contributed by atoms with Gasteiger partial charge in [0, 0.05) is 5.69 Å². The Morgan fingerprint density at radius 1 is 1.23 bits per heavy atom. The molecule has 1 aromatic heterocycles.